The molecule has 180 valence electrons. The van der Waals surface area contributed by atoms with E-state index in [2.05, 4.69) is 25.3 Å². The van der Waals surface area contributed by atoms with Crippen molar-refractivity contribution in [3.8, 4) is 0 Å². The highest BCUT2D eigenvalue weighted by atomic mass is 16.5. The summed E-state index contributed by atoms with van der Waals surface area (Å²) in [5.41, 5.74) is 1.18. The van der Waals surface area contributed by atoms with Gasteiger partial charge < -0.3 is 15.0 Å². The van der Waals surface area contributed by atoms with Gasteiger partial charge in [-0.25, -0.2) is 14.3 Å². The summed E-state index contributed by atoms with van der Waals surface area (Å²) < 4.78 is 7.35. The molecule has 0 atom stereocenters. The molecule has 0 spiro atoms. The van der Waals surface area contributed by atoms with Gasteiger partial charge >= 0.3 is 11.7 Å². The molecule has 1 saturated carbocycles. The van der Waals surface area contributed by atoms with Gasteiger partial charge in [0.15, 0.2) is 0 Å². The molecule has 5 rings (SSSR count). The van der Waals surface area contributed by atoms with Crippen LogP contribution in [0.5, 0.6) is 0 Å². The first-order valence-corrected chi connectivity index (χ1v) is 11.4. The molecule has 0 radical (unpaired) electrons. The molecule has 4 aromatic rings. The van der Waals surface area contributed by atoms with Crippen LogP contribution in [0.3, 0.4) is 0 Å². The summed E-state index contributed by atoms with van der Waals surface area (Å²) in [4.78, 5) is 52.4. The number of carbonyl (C=O) groups is 2. The van der Waals surface area contributed by atoms with E-state index in [1.807, 2.05) is 0 Å². The van der Waals surface area contributed by atoms with Gasteiger partial charge in [-0.3, -0.25) is 14.2 Å². The van der Waals surface area contributed by atoms with Gasteiger partial charge in [0.25, 0.3) is 11.5 Å². The minimum absolute atomic E-state index is 0.0608. The monoisotopic (exact) mass is 476 g/mol. The molecule has 1 amide bonds. The van der Waals surface area contributed by atoms with Crippen LogP contribution in [0.1, 0.15) is 46.4 Å². The summed E-state index contributed by atoms with van der Waals surface area (Å²) in [6.45, 7) is 0.282. The zero-order valence-corrected chi connectivity index (χ0v) is 19.1. The molecule has 0 bridgehead atoms. The number of nitrogens with zero attached hydrogens (tertiary/aromatic N) is 4. The van der Waals surface area contributed by atoms with E-state index in [1.54, 1.807) is 22.9 Å². The average Bonchev–Trinajstić information content (AvgIpc) is 3.52. The fourth-order valence-corrected chi connectivity index (χ4v) is 4.51. The van der Waals surface area contributed by atoms with Crippen LogP contribution in [0.25, 0.3) is 21.9 Å². The van der Waals surface area contributed by atoms with E-state index in [0.29, 0.717) is 16.6 Å². The third-order valence-electron chi connectivity index (χ3n) is 6.40. The summed E-state index contributed by atoms with van der Waals surface area (Å²) in [6.07, 6.45) is 4.28. The number of ether oxygens (including phenoxy) is 1. The van der Waals surface area contributed by atoms with Crippen LogP contribution < -0.4 is 16.6 Å². The number of esters is 1. The molecule has 0 aliphatic heterocycles. The molecule has 35 heavy (non-hydrogen) atoms. The summed E-state index contributed by atoms with van der Waals surface area (Å²) in [5.74, 6) is -0.688. The molecule has 1 aliphatic rings. The second-order valence-corrected chi connectivity index (χ2v) is 8.61. The number of rotatable bonds is 6. The van der Waals surface area contributed by atoms with Crippen LogP contribution in [-0.2, 0) is 17.8 Å². The maximum atomic E-state index is 12.9. The first kappa shape index (κ1) is 22.5. The van der Waals surface area contributed by atoms with E-state index in [1.165, 1.54) is 25.3 Å². The molecule has 2 aromatic heterocycles. The molecular formula is C24H24N6O5. The van der Waals surface area contributed by atoms with Gasteiger partial charge in [-0.15, -0.1) is 5.10 Å². The Hall–Kier alpha value is -4.28. The highest BCUT2D eigenvalue weighted by molar-refractivity contribution is 5.97. The lowest BCUT2D eigenvalue weighted by molar-refractivity contribution is 0.0600. The number of hydrogen-bond acceptors (Lipinski definition) is 7. The molecule has 2 heterocycles. The first-order chi connectivity index (χ1) is 16.9. The Balaban J connectivity index is 1.36. The lowest BCUT2D eigenvalue weighted by Crippen LogP contribution is -2.36. The topological polar surface area (TPSA) is 141 Å². The summed E-state index contributed by atoms with van der Waals surface area (Å²) >= 11 is 0. The van der Waals surface area contributed by atoms with Crippen molar-refractivity contribution in [2.24, 2.45) is 0 Å². The van der Waals surface area contributed by atoms with Crippen molar-refractivity contribution < 1.29 is 14.3 Å². The zero-order chi connectivity index (χ0) is 24.5. The third kappa shape index (κ3) is 4.32. The van der Waals surface area contributed by atoms with Gasteiger partial charge in [0.1, 0.15) is 5.52 Å². The smallest absolute Gasteiger partial charge is 0.337 e. The fraction of sp³-hybridized carbons (Fsp3) is 0.333. The Morgan fingerprint density at radius 1 is 1.09 bits per heavy atom. The molecular weight excluding hydrogens is 452 g/mol. The average molecular weight is 476 g/mol. The van der Waals surface area contributed by atoms with Gasteiger partial charge in [0, 0.05) is 11.6 Å². The quantitative estimate of drug-likeness (QED) is 0.403. The Bertz CT molecular complexity index is 1560. The number of benzene rings is 2. The van der Waals surface area contributed by atoms with E-state index in [0.717, 1.165) is 30.3 Å². The molecule has 11 heteroatoms. The molecule has 2 aromatic carbocycles. The Morgan fingerprint density at radius 2 is 1.86 bits per heavy atom. The van der Waals surface area contributed by atoms with E-state index in [4.69, 9.17) is 0 Å². The Labute approximate surface area is 198 Å². The predicted molar refractivity (Wildman–Crippen MR) is 127 cm³/mol. The first-order valence-electron chi connectivity index (χ1n) is 11.4. The number of hydrogen-bond donors (Lipinski definition) is 2. The highest BCUT2D eigenvalue weighted by Gasteiger charge is 2.19. The van der Waals surface area contributed by atoms with E-state index in [9.17, 15) is 19.2 Å². The molecule has 0 saturated heterocycles. The number of carbonyl (C=O) groups excluding carboxylic acids is 2. The maximum Gasteiger partial charge on any atom is 0.337 e. The Kier molecular flexibility index (Phi) is 5.89. The standard InChI is InChI=1S/C24H24N6O5/c1-35-23(33)15-6-8-17-18(13-15)26-24(34)29(22(17)32)10-11-30-20-9-7-14(12-19(20)27-28-30)21(31)25-16-4-2-3-5-16/h6-9,12-13,16H,2-5,10-11H2,1H3,(H,25,31)(H,26,34). The van der Waals surface area contributed by atoms with Crippen molar-refractivity contribution in [2.75, 3.05) is 7.11 Å². The third-order valence-corrected chi connectivity index (χ3v) is 6.40. The van der Waals surface area contributed by atoms with E-state index < -0.39 is 17.2 Å². The largest absolute Gasteiger partial charge is 0.465 e. The lowest BCUT2D eigenvalue weighted by atomic mass is 10.1. The fourth-order valence-electron chi connectivity index (χ4n) is 4.51. The van der Waals surface area contributed by atoms with Crippen LogP contribution >= 0.6 is 0 Å². The molecule has 11 nitrogen and oxygen atoms in total. The lowest BCUT2D eigenvalue weighted by Gasteiger charge is -2.11. The van der Waals surface area contributed by atoms with Crippen LogP contribution in [0.2, 0.25) is 0 Å². The number of aryl methyl sites for hydroxylation is 1. The van der Waals surface area contributed by atoms with Gasteiger partial charge in [0.05, 0.1) is 42.2 Å². The highest BCUT2D eigenvalue weighted by Crippen LogP contribution is 2.19. The van der Waals surface area contributed by atoms with Crippen LogP contribution in [0, 0.1) is 0 Å². The van der Waals surface area contributed by atoms with Crippen LogP contribution in [0.15, 0.2) is 46.0 Å². The number of H-pyrrole nitrogens is 1. The maximum absolute atomic E-state index is 12.9. The molecule has 1 aliphatic carbocycles. The predicted octanol–water partition coefficient (Wildman–Crippen LogP) is 1.59. The van der Waals surface area contributed by atoms with Crippen molar-refractivity contribution in [2.45, 2.75) is 44.8 Å². The van der Waals surface area contributed by atoms with E-state index in [-0.39, 0.29) is 41.5 Å². The summed E-state index contributed by atoms with van der Waals surface area (Å²) in [6, 6.07) is 9.78. The van der Waals surface area contributed by atoms with E-state index >= 15 is 0 Å². The second-order valence-electron chi connectivity index (χ2n) is 8.61. The van der Waals surface area contributed by atoms with Crippen LogP contribution in [0.4, 0.5) is 0 Å². The van der Waals surface area contributed by atoms with Gasteiger partial charge in [0.2, 0.25) is 0 Å². The van der Waals surface area contributed by atoms with Crippen molar-refractivity contribution in [3.05, 3.63) is 68.4 Å². The van der Waals surface area contributed by atoms with Crippen molar-refractivity contribution >= 4 is 33.8 Å². The van der Waals surface area contributed by atoms with Crippen LogP contribution in [-0.4, -0.2) is 49.6 Å². The normalized spacial score (nSPS) is 14.0. The van der Waals surface area contributed by atoms with Gasteiger partial charge in [-0.1, -0.05) is 18.1 Å². The number of methoxy groups -OCH3 is 1. The van der Waals surface area contributed by atoms with Crippen molar-refractivity contribution in [3.63, 3.8) is 0 Å². The van der Waals surface area contributed by atoms with Gasteiger partial charge in [-0.05, 0) is 49.2 Å². The number of fused-ring (bicyclic) bond motifs is 2. The minimum atomic E-state index is -0.597. The Morgan fingerprint density at radius 3 is 2.63 bits per heavy atom. The number of aromatic amines is 1. The molecule has 0 unspecified atom stereocenters. The van der Waals surface area contributed by atoms with Crippen molar-refractivity contribution in [1.29, 1.82) is 0 Å². The second kappa shape index (κ2) is 9.16. The summed E-state index contributed by atoms with van der Waals surface area (Å²) in [5, 5.41) is 11.6. The SMILES string of the molecule is COC(=O)c1ccc2c(=O)n(CCn3nnc4cc(C(=O)NC5CCCC5)ccc43)c(=O)[nH]c2c1. The molecule has 2 N–H and O–H groups in total. The minimum Gasteiger partial charge on any atom is -0.465 e. The summed E-state index contributed by atoms with van der Waals surface area (Å²) in [7, 11) is 1.26. The zero-order valence-electron chi connectivity index (χ0n) is 19.1. The van der Waals surface area contributed by atoms with Crippen molar-refractivity contribution in [1.82, 2.24) is 29.9 Å². The number of aromatic nitrogens is 5. The molecule has 1 fully saturated rings. The van der Waals surface area contributed by atoms with Gasteiger partial charge in [-0.2, -0.15) is 0 Å². The number of amides is 1. The number of nitrogens with one attached hydrogen (secondary N) is 2.